The molecule has 4 aliphatic rings. The summed E-state index contributed by atoms with van der Waals surface area (Å²) in [6, 6.07) is 0. The second-order valence-corrected chi connectivity index (χ2v) is 10.3. The van der Waals surface area contributed by atoms with E-state index in [0.717, 1.165) is 0 Å². The number of hydrogen-bond donors (Lipinski definition) is 1. The first-order chi connectivity index (χ1) is 15.7. The lowest BCUT2D eigenvalue weighted by molar-refractivity contribution is -0.199. The van der Waals surface area contributed by atoms with E-state index < -0.39 is 82.8 Å². The fourth-order valence-corrected chi connectivity index (χ4v) is 6.49. The number of carbonyl (C=O) groups excluding carboxylic acids is 4. The van der Waals surface area contributed by atoms with Crippen LogP contribution >= 0.6 is 0 Å². The molecule has 1 spiro atoms. The quantitative estimate of drug-likeness (QED) is 0.270. The minimum absolute atomic E-state index is 0.00727. The van der Waals surface area contributed by atoms with Crippen LogP contribution in [0.3, 0.4) is 0 Å². The van der Waals surface area contributed by atoms with Gasteiger partial charge in [0.1, 0.15) is 35.1 Å². The fraction of sp³-hybridized carbons (Fsp3) is 0.750. The molecular formula is C24H32O10. The molecule has 0 amide bonds. The monoisotopic (exact) mass is 480 g/mol. The largest absolute Gasteiger partial charge is 0.461 e. The number of fused-ring (bicyclic) bond motifs is 2. The first-order valence-corrected chi connectivity index (χ1v) is 11.5. The number of hydrogen-bond acceptors (Lipinski definition) is 10. The Balaban J connectivity index is 1.86. The van der Waals surface area contributed by atoms with Gasteiger partial charge in [0, 0.05) is 31.8 Å². The molecule has 10 atom stereocenters. The summed E-state index contributed by atoms with van der Waals surface area (Å²) in [5.74, 6) is -4.47. The number of allylic oxidation sites excluding steroid dienone is 1. The molecule has 10 heteroatoms. The zero-order valence-electron chi connectivity index (χ0n) is 20.4. The standard InChI is InChI=1S/C24H32O10/c1-8-10(2)20(27)31-14-9-22(6,33-13(5)26)24-17(16-15(14)11(3)21(28)32-16)23(7,29)18(19(24)34-24)30-12(4)25/h8,11,14-19,29H,9H2,1-7H3/b10-8-/t11-,14-,15+,16-,17-,18-,19+,22+,23-,24-/m0/s1. The minimum Gasteiger partial charge on any atom is -0.461 e. The van der Waals surface area contributed by atoms with Gasteiger partial charge in [0.15, 0.2) is 6.10 Å². The second kappa shape index (κ2) is 7.78. The van der Waals surface area contributed by atoms with Crippen molar-refractivity contribution in [1.82, 2.24) is 0 Å². The summed E-state index contributed by atoms with van der Waals surface area (Å²) in [4.78, 5) is 49.5. The molecule has 10 nitrogen and oxygen atoms in total. The smallest absolute Gasteiger partial charge is 0.333 e. The van der Waals surface area contributed by atoms with Crippen molar-refractivity contribution < 1.29 is 48.0 Å². The van der Waals surface area contributed by atoms with E-state index >= 15 is 0 Å². The van der Waals surface area contributed by atoms with Gasteiger partial charge in [-0.25, -0.2) is 4.79 Å². The molecule has 0 aromatic rings. The molecule has 0 bridgehead atoms. The van der Waals surface area contributed by atoms with E-state index in [9.17, 15) is 24.3 Å². The molecule has 0 radical (unpaired) electrons. The molecule has 2 aliphatic carbocycles. The number of carbonyl (C=O) groups is 4. The van der Waals surface area contributed by atoms with Crippen LogP contribution in [-0.2, 0) is 42.9 Å². The number of epoxide rings is 1. The van der Waals surface area contributed by atoms with Gasteiger partial charge in [0.2, 0.25) is 0 Å². The first kappa shape index (κ1) is 24.7. The Morgan fingerprint density at radius 2 is 1.76 bits per heavy atom. The van der Waals surface area contributed by atoms with Crippen molar-refractivity contribution in [1.29, 1.82) is 0 Å². The van der Waals surface area contributed by atoms with E-state index in [0.29, 0.717) is 5.57 Å². The van der Waals surface area contributed by atoms with Crippen LogP contribution in [0.2, 0.25) is 0 Å². The van der Waals surface area contributed by atoms with E-state index in [1.807, 2.05) is 0 Å². The van der Waals surface area contributed by atoms with Gasteiger partial charge in [0.25, 0.3) is 0 Å². The minimum atomic E-state index is -1.68. The van der Waals surface area contributed by atoms with Crippen LogP contribution in [0.5, 0.6) is 0 Å². The van der Waals surface area contributed by atoms with Gasteiger partial charge in [0.05, 0.1) is 11.8 Å². The summed E-state index contributed by atoms with van der Waals surface area (Å²) < 4.78 is 29.1. The first-order valence-electron chi connectivity index (χ1n) is 11.5. The Morgan fingerprint density at radius 3 is 2.32 bits per heavy atom. The highest BCUT2D eigenvalue weighted by Gasteiger charge is 2.89. The van der Waals surface area contributed by atoms with Crippen molar-refractivity contribution in [3.05, 3.63) is 11.6 Å². The summed E-state index contributed by atoms with van der Waals surface area (Å²) in [5.41, 5.74) is -3.99. The number of rotatable bonds is 4. The molecule has 4 rings (SSSR count). The maximum Gasteiger partial charge on any atom is 0.333 e. The zero-order chi connectivity index (χ0) is 25.4. The molecule has 2 aliphatic heterocycles. The molecule has 4 fully saturated rings. The average molecular weight is 481 g/mol. The summed E-state index contributed by atoms with van der Waals surface area (Å²) in [7, 11) is 0. The van der Waals surface area contributed by atoms with Crippen LogP contribution in [-0.4, -0.2) is 70.2 Å². The number of aliphatic hydroxyl groups is 1. The van der Waals surface area contributed by atoms with Gasteiger partial charge in [-0.15, -0.1) is 0 Å². The Labute approximate surface area is 197 Å². The van der Waals surface area contributed by atoms with Crippen LogP contribution in [0.1, 0.15) is 54.9 Å². The predicted molar refractivity (Wildman–Crippen MR) is 114 cm³/mol. The van der Waals surface area contributed by atoms with Crippen LogP contribution < -0.4 is 0 Å². The summed E-state index contributed by atoms with van der Waals surface area (Å²) >= 11 is 0. The summed E-state index contributed by atoms with van der Waals surface area (Å²) in [6.07, 6.45) is -2.04. The van der Waals surface area contributed by atoms with Gasteiger partial charge in [-0.2, -0.15) is 0 Å². The number of esters is 4. The molecule has 188 valence electrons. The summed E-state index contributed by atoms with van der Waals surface area (Å²) in [5, 5.41) is 11.7. The van der Waals surface area contributed by atoms with Crippen LogP contribution in [0, 0.1) is 17.8 Å². The summed E-state index contributed by atoms with van der Waals surface area (Å²) in [6.45, 7) is 10.6. The maximum atomic E-state index is 12.7. The molecule has 34 heavy (non-hydrogen) atoms. The van der Waals surface area contributed by atoms with E-state index in [1.165, 1.54) is 20.8 Å². The molecule has 2 saturated heterocycles. The van der Waals surface area contributed by atoms with Crippen LogP contribution in [0.4, 0.5) is 0 Å². The lowest BCUT2D eigenvalue weighted by atomic mass is 9.72. The highest BCUT2D eigenvalue weighted by atomic mass is 16.7. The topological polar surface area (TPSA) is 138 Å². The second-order valence-electron chi connectivity index (χ2n) is 10.3. The van der Waals surface area contributed by atoms with Gasteiger partial charge in [-0.05, 0) is 27.7 Å². The van der Waals surface area contributed by atoms with Crippen molar-refractivity contribution >= 4 is 23.9 Å². The van der Waals surface area contributed by atoms with Crippen molar-refractivity contribution in [2.45, 2.75) is 96.1 Å². The molecule has 2 heterocycles. The molecule has 0 aromatic heterocycles. The molecule has 2 saturated carbocycles. The van der Waals surface area contributed by atoms with Crippen LogP contribution in [0.15, 0.2) is 11.6 Å². The van der Waals surface area contributed by atoms with Gasteiger partial charge in [-0.3, -0.25) is 14.4 Å². The normalized spacial score (nSPS) is 46.9. The molecule has 1 N–H and O–H groups in total. The molecule has 0 unspecified atom stereocenters. The van der Waals surface area contributed by atoms with E-state index in [2.05, 4.69) is 0 Å². The lowest BCUT2D eigenvalue weighted by Crippen LogP contribution is -2.58. The van der Waals surface area contributed by atoms with E-state index in [1.54, 1.807) is 33.8 Å². The van der Waals surface area contributed by atoms with Crippen molar-refractivity contribution in [3.63, 3.8) is 0 Å². The fourth-order valence-electron chi connectivity index (χ4n) is 6.49. The van der Waals surface area contributed by atoms with E-state index in [4.69, 9.17) is 23.7 Å². The SMILES string of the molecule is C/C=C(/C)C(=O)O[C@H]1C[C@@](C)(OC(C)=O)[C@@]23O[C@@H]2[C@H](OC(C)=O)[C@@](C)(O)[C@@H]3[C@H]2OC(=O)[C@@H](C)[C@@H]21. The molecule has 0 aromatic carbocycles. The highest BCUT2D eigenvalue weighted by molar-refractivity contribution is 5.88. The average Bonchev–Trinajstić information content (AvgIpc) is 3.34. The third-order valence-electron chi connectivity index (χ3n) is 8.06. The Bertz CT molecular complexity index is 969. The number of ether oxygens (including phenoxy) is 5. The third kappa shape index (κ3) is 3.29. The Kier molecular flexibility index (Phi) is 5.64. The van der Waals surface area contributed by atoms with Crippen molar-refractivity contribution in [3.8, 4) is 0 Å². The maximum absolute atomic E-state index is 12.7. The predicted octanol–water partition coefficient (Wildman–Crippen LogP) is 1.22. The molecular weight excluding hydrogens is 448 g/mol. The third-order valence-corrected chi connectivity index (χ3v) is 8.06. The van der Waals surface area contributed by atoms with Gasteiger partial charge < -0.3 is 28.8 Å². The van der Waals surface area contributed by atoms with E-state index in [-0.39, 0.29) is 6.42 Å². The Morgan fingerprint density at radius 1 is 1.12 bits per heavy atom. The van der Waals surface area contributed by atoms with Crippen molar-refractivity contribution in [2.75, 3.05) is 0 Å². The Hall–Kier alpha value is -2.46. The van der Waals surface area contributed by atoms with Crippen LogP contribution in [0.25, 0.3) is 0 Å². The zero-order valence-corrected chi connectivity index (χ0v) is 20.4. The van der Waals surface area contributed by atoms with Crippen molar-refractivity contribution in [2.24, 2.45) is 17.8 Å². The highest BCUT2D eigenvalue weighted by Crippen LogP contribution is 2.69. The lowest BCUT2D eigenvalue weighted by Gasteiger charge is -2.42. The van der Waals surface area contributed by atoms with Gasteiger partial charge >= 0.3 is 23.9 Å². The van der Waals surface area contributed by atoms with Gasteiger partial charge in [-0.1, -0.05) is 13.0 Å².